The molecule has 2 aromatic rings. The second-order valence-electron chi connectivity index (χ2n) is 7.41. The van der Waals surface area contributed by atoms with E-state index in [9.17, 15) is 19.2 Å². The van der Waals surface area contributed by atoms with Crippen molar-refractivity contribution in [3.05, 3.63) is 40.3 Å². The van der Waals surface area contributed by atoms with Crippen LogP contribution in [0.1, 0.15) is 34.6 Å². The number of carbonyl (C=O) groups is 4. The van der Waals surface area contributed by atoms with Crippen LogP contribution in [0.5, 0.6) is 11.5 Å². The molecule has 1 unspecified atom stereocenters. The summed E-state index contributed by atoms with van der Waals surface area (Å²) in [6, 6.07) is 5.82. The minimum atomic E-state index is -1.38. The van der Waals surface area contributed by atoms with E-state index in [1.165, 1.54) is 14.2 Å². The molecular formula is C22H25N3O7S. The van der Waals surface area contributed by atoms with Crippen LogP contribution in [0.3, 0.4) is 0 Å². The van der Waals surface area contributed by atoms with Crippen LogP contribution in [0.4, 0.5) is 9.80 Å². The number of urea groups is 1. The largest absolute Gasteiger partial charge is 0.493 e. The zero-order chi connectivity index (χ0) is 24.3. The number of hydrogen-bond donors (Lipinski definition) is 2. The van der Waals surface area contributed by atoms with Crippen LogP contribution in [-0.4, -0.2) is 56.1 Å². The summed E-state index contributed by atoms with van der Waals surface area (Å²) in [5.74, 6) is -0.748. The maximum atomic E-state index is 13.1. The SMILES string of the molecule is CCOC(=O)c1sc(NC(=O)CN2C(=O)NC(C)(c3ccc(OC)c(OC)c3)C2=O)cc1C. The highest BCUT2D eigenvalue weighted by Crippen LogP contribution is 2.35. The molecule has 2 heterocycles. The first kappa shape index (κ1) is 24.1. The monoisotopic (exact) mass is 475 g/mol. The smallest absolute Gasteiger partial charge is 0.348 e. The summed E-state index contributed by atoms with van der Waals surface area (Å²) in [6.07, 6.45) is 0. The van der Waals surface area contributed by atoms with Gasteiger partial charge in [-0.1, -0.05) is 6.07 Å². The molecule has 33 heavy (non-hydrogen) atoms. The summed E-state index contributed by atoms with van der Waals surface area (Å²) in [4.78, 5) is 51.5. The molecule has 4 amide bonds. The Balaban J connectivity index is 1.74. The number of nitrogens with zero attached hydrogens (tertiary/aromatic N) is 1. The van der Waals surface area contributed by atoms with Gasteiger partial charge < -0.3 is 24.8 Å². The standard InChI is InChI=1S/C22H25N3O7S/c1-6-32-19(27)18-12(2)9-17(33-18)23-16(26)11-25-20(28)22(3,24-21(25)29)13-7-8-14(30-4)15(10-13)31-5/h7-10H,6,11H2,1-5H3,(H,23,26)(H,24,29). The Bertz CT molecular complexity index is 1110. The van der Waals surface area contributed by atoms with E-state index in [1.807, 2.05) is 0 Å². The normalized spacial score (nSPS) is 17.5. The number of benzene rings is 1. The van der Waals surface area contributed by atoms with Gasteiger partial charge in [0.25, 0.3) is 5.91 Å². The van der Waals surface area contributed by atoms with E-state index < -0.39 is 35.9 Å². The van der Waals surface area contributed by atoms with Crippen LogP contribution < -0.4 is 20.1 Å². The maximum Gasteiger partial charge on any atom is 0.348 e. The number of amides is 4. The van der Waals surface area contributed by atoms with E-state index in [-0.39, 0.29) is 6.61 Å². The Morgan fingerprint density at radius 2 is 1.85 bits per heavy atom. The van der Waals surface area contributed by atoms with Gasteiger partial charge in [-0.05, 0) is 50.1 Å². The highest BCUT2D eigenvalue weighted by Gasteiger charge is 2.49. The first-order chi connectivity index (χ1) is 15.6. The highest BCUT2D eigenvalue weighted by atomic mass is 32.1. The van der Waals surface area contributed by atoms with Gasteiger partial charge >= 0.3 is 12.0 Å². The van der Waals surface area contributed by atoms with Crippen molar-refractivity contribution in [3.8, 4) is 11.5 Å². The minimum absolute atomic E-state index is 0.239. The molecule has 0 aliphatic carbocycles. The maximum absolute atomic E-state index is 13.1. The lowest BCUT2D eigenvalue weighted by Gasteiger charge is -2.23. The molecule has 1 saturated heterocycles. The molecule has 176 valence electrons. The van der Waals surface area contributed by atoms with Gasteiger partial charge in [-0.2, -0.15) is 0 Å². The second-order valence-corrected chi connectivity index (χ2v) is 8.46. The van der Waals surface area contributed by atoms with Crippen molar-refractivity contribution in [1.29, 1.82) is 0 Å². The number of methoxy groups -OCH3 is 2. The van der Waals surface area contributed by atoms with Gasteiger partial charge in [0.15, 0.2) is 11.5 Å². The summed E-state index contributed by atoms with van der Waals surface area (Å²) in [6.45, 7) is 4.74. The van der Waals surface area contributed by atoms with Crippen LogP contribution >= 0.6 is 11.3 Å². The van der Waals surface area contributed by atoms with Crippen LogP contribution in [0.15, 0.2) is 24.3 Å². The van der Waals surface area contributed by atoms with Crippen LogP contribution in [-0.2, 0) is 19.9 Å². The first-order valence-corrected chi connectivity index (χ1v) is 10.9. The lowest BCUT2D eigenvalue weighted by atomic mass is 9.91. The molecule has 1 aromatic carbocycles. The molecule has 0 bridgehead atoms. The van der Waals surface area contributed by atoms with Gasteiger partial charge in [-0.15, -0.1) is 11.3 Å². The predicted octanol–water partition coefficient (Wildman–Crippen LogP) is 2.66. The Morgan fingerprint density at radius 3 is 2.48 bits per heavy atom. The molecule has 1 fully saturated rings. The van der Waals surface area contributed by atoms with Crippen molar-refractivity contribution in [2.24, 2.45) is 0 Å². The van der Waals surface area contributed by atoms with Crippen LogP contribution in [0, 0.1) is 6.92 Å². The molecule has 3 rings (SSSR count). The third-order valence-corrected chi connectivity index (χ3v) is 6.31. The van der Waals surface area contributed by atoms with Crippen molar-refractivity contribution in [1.82, 2.24) is 10.2 Å². The number of rotatable bonds is 8. The Labute approximate surface area is 194 Å². The third kappa shape index (κ3) is 4.63. The fraction of sp³-hybridized carbons (Fsp3) is 0.364. The number of aryl methyl sites for hydroxylation is 1. The molecule has 1 aliphatic rings. The van der Waals surface area contributed by atoms with E-state index in [0.29, 0.717) is 32.5 Å². The Morgan fingerprint density at radius 1 is 1.15 bits per heavy atom. The number of thiophene rings is 1. The highest BCUT2D eigenvalue weighted by molar-refractivity contribution is 7.18. The summed E-state index contributed by atoms with van der Waals surface area (Å²) in [5.41, 5.74) is -0.243. The number of ether oxygens (including phenoxy) is 3. The van der Waals surface area contributed by atoms with Crippen molar-refractivity contribution in [2.75, 3.05) is 32.7 Å². The van der Waals surface area contributed by atoms with Gasteiger partial charge in [0.2, 0.25) is 5.91 Å². The van der Waals surface area contributed by atoms with Crippen molar-refractivity contribution < 1.29 is 33.4 Å². The molecule has 2 N–H and O–H groups in total. The van der Waals surface area contributed by atoms with Crippen LogP contribution in [0.2, 0.25) is 0 Å². The quantitative estimate of drug-likeness (QED) is 0.444. The molecular weight excluding hydrogens is 450 g/mol. The molecule has 0 radical (unpaired) electrons. The summed E-state index contributed by atoms with van der Waals surface area (Å²) >= 11 is 1.06. The van der Waals surface area contributed by atoms with Crippen molar-refractivity contribution in [3.63, 3.8) is 0 Å². The fourth-order valence-corrected chi connectivity index (χ4v) is 4.43. The molecule has 0 saturated carbocycles. The summed E-state index contributed by atoms with van der Waals surface area (Å²) in [5, 5.41) is 5.69. The lowest BCUT2D eigenvalue weighted by molar-refractivity contribution is -0.133. The molecule has 1 atom stereocenters. The Hall–Kier alpha value is -3.60. The van der Waals surface area contributed by atoms with E-state index >= 15 is 0 Å². The topological polar surface area (TPSA) is 123 Å². The lowest BCUT2D eigenvalue weighted by Crippen LogP contribution is -2.42. The predicted molar refractivity (Wildman–Crippen MR) is 121 cm³/mol. The van der Waals surface area contributed by atoms with Crippen molar-refractivity contribution in [2.45, 2.75) is 26.3 Å². The number of imide groups is 1. The molecule has 11 heteroatoms. The van der Waals surface area contributed by atoms with E-state index in [2.05, 4.69) is 10.6 Å². The number of anilines is 1. The number of hydrogen-bond acceptors (Lipinski definition) is 8. The second kappa shape index (κ2) is 9.49. The van der Waals surface area contributed by atoms with Gasteiger partial charge in [-0.25, -0.2) is 9.59 Å². The van der Waals surface area contributed by atoms with E-state index in [0.717, 1.165) is 16.2 Å². The van der Waals surface area contributed by atoms with E-state index in [1.54, 1.807) is 45.0 Å². The van der Waals surface area contributed by atoms with Crippen molar-refractivity contribution >= 4 is 40.2 Å². The van der Waals surface area contributed by atoms with Gasteiger partial charge in [-0.3, -0.25) is 14.5 Å². The van der Waals surface area contributed by atoms with E-state index in [4.69, 9.17) is 14.2 Å². The van der Waals surface area contributed by atoms with Gasteiger partial charge in [0, 0.05) is 0 Å². The third-order valence-electron chi connectivity index (χ3n) is 5.18. The minimum Gasteiger partial charge on any atom is -0.493 e. The van der Waals surface area contributed by atoms with Gasteiger partial charge in [0.1, 0.15) is 17.0 Å². The molecule has 0 spiro atoms. The first-order valence-electron chi connectivity index (χ1n) is 10.1. The average Bonchev–Trinajstić information content (AvgIpc) is 3.25. The summed E-state index contributed by atoms with van der Waals surface area (Å²) < 4.78 is 15.5. The number of esters is 1. The summed E-state index contributed by atoms with van der Waals surface area (Å²) in [7, 11) is 2.96. The van der Waals surface area contributed by atoms with Gasteiger partial charge in [0.05, 0.1) is 25.8 Å². The molecule has 10 nitrogen and oxygen atoms in total. The fourth-order valence-electron chi connectivity index (χ4n) is 3.45. The average molecular weight is 476 g/mol. The number of nitrogens with one attached hydrogen (secondary N) is 2. The Kier molecular flexibility index (Phi) is 6.92. The number of carbonyl (C=O) groups excluding carboxylic acids is 4. The van der Waals surface area contributed by atoms with Crippen LogP contribution in [0.25, 0.3) is 0 Å². The molecule has 1 aromatic heterocycles. The molecule has 1 aliphatic heterocycles. The zero-order valence-corrected chi connectivity index (χ0v) is 19.8. The zero-order valence-electron chi connectivity index (χ0n) is 18.9.